The molecule has 5 heteroatoms. The Morgan fingerprint density at radius 3 is 2.63 bits per heavy atom. The van der Waals surface area contributed by atoms with Gasteiger partial charge in [-0.3, -0.25) is 0 Å². The van der Waals surface area contributed by atoms with Gasteiger partial charge in [-0.1, -0.05) is 32.8 Å². The van der Waals surface area contributed by atoms with Crippen molar-refractivity contribution in [1.29, 1.82) is 0 Å². The highest BCUT2D eigenvalue weighted by Gasteiger charge is 2.32. The van der Waals surface area contributed by atoms with E-state index >= 15 is 0 Å². The molecule has 1 amide bonds. The van der Waals surface area contributed by atoms with Crippen molar-refractivity contribution in [2.45, 2.75) is 58.3 Å². The number of hydrogen-bond acceptors (Lipinski definition) is 3. The van der Waals surface area contributed by atoms with Crippen LogP contribution in [0.4, 0.5) is 16.2 Å². The van der Waals surface area contributed by atoms with Crippen molar-refractivity contribution in [1.82, 2.24) is 4.90 Å². The van der Waals surface area contributed by atoms with Gasteiger partial charge in [-0.25, -0.2) is 4.79 Å². The Bertz CT molecular complexity index is 640. The predicted octanol–water partition coefficient (Wildman–Crippen LogP) is 4.78. The van der Waals surface area contributed by atoms with Crippen molar-refractivity contribution in [2.75, 3.05) is 36.8 Å². The molecule has 0 aromatic heterocycles. The van der Waals surface area contributed by atoms with Gasteiger partial charge >= 0.3 is 6.09 Å². The molecule has 0 spiro atoms. The second kappa shape index (κ2) is 8.85. The topological polar surface area (TPSA) is 69.8 Å². The first-order chi connectivity index (χ1) is 13.0. The van der Waals surface area contributed by atoms with Crippen LogP contribution in [0.2, 0.25) is 0 Å². The number of rotatable bonds is 5. The molecule has 2 fully saturated rings. The lowest BCUT2D eigenvalue weighted by Gasteiger charge is -2.38. The minimum atomic E-state index is -0.782. The van der Waals surface area contributed by atoms with Gasteiger partial charge in [0.2, 0.25) is 0 Å². The molecular formula is C22H35N3O2. The van der Waals surface area contributed by atoms with E-state index < -0.39 is 6.09 Å². The molecule has 2 atom stereocenters. The van der Waals surface area contributed by atoms with E-state index in [2.05, 4.69) is 36.9 Å². The largest absolute Gasteiger partial charge is 0.465 e. The first kappa shape index (κ1) is 19.8. The molecule has 1 aromatic carbocycles. The maximum atomic E-state index is 11.5. The van der Waals surface area contributed by atoms with Crippen LogP contribution in [0.15, 0.2) is 18.2 Å². The molecule has 0 radical (unpaired) electrons. The van der Waals surface area contributed by atoms with Crippen molar-refractivity contribution in [3.8, 4) is 0 Å². The number of carboxylic acid groups (broad SMARTS) is 1. The molecule has 0 aliphatic carbocycles. The van der Waals surface area contributed by atoms with Gasteiger partial charge in [0.1, 0.15) is 0 Å². The van der Waals surface area contributed by atoms with Crippen LogP contribution in [0.25, 0.3) is 0 Å². The number of nitrogens with zero attached hydrogens (tertiary/aromatic N) is 2. The number of anilines is 2. The van der Waals surface area contributed by atoms with Crippen LogP contribution in [0.3, 0.4) is 0 Å². The number of carbonyl (C=O) groups is 1. The maximum Gasteiger partial charge on any atom is 0.407 e. The number of hydrogen-bond donors (Lipinski definition) is 2. The summed E-state index contributed by atoms with van der Waals surface area (Å²) in [4.78, 5) is 15.5. The first-order valence-corrected chi connectivity index (χ1v) is 10.6. The van der Waals surface area contributed by atoms with Gasteiger partial charge in [0.05, 0.1) is 11.4 Å². The summed E-state index contributed by atoms with van der Waals surface area (Å²) in [6, 6.07) is 6.53. The van der Waals surface area contributed by atoms with E-state index in [-0.39, 0.29) is 0 Å². The summed E-state index contributed by atoms with van der Waals surface area (Å²) >= 11 is 0. The molecule has 3 rings (SSSR count). The molecule has 2 unspecified atom stereocenters. The molecule has 150 valence electrons. The van der Waals surface area contributed by atoms with Crippen LogP contribution in [0, 0.1) is 11.8 Å². The van der Waals surface area contributed by atoms with Gasteiger partial charge in [-0.05, 0) is 61.1 Å². The number of nitrogen functional groups attached to an aromatic ring is 1. The fourth-order valence-corrected chi connectivity index (χ4v) is 4.72. The third-order valence-corrected chi connectivity index (χ3v) is 6.54. The summed E-state index contributed by atoms with van der Waals surface area (Å²) in [6.07, 6.45) is 5.96. The van der Waals surface area contributed by atoms with Crippen LogP contribution in [0.5, 0.6) is 0 Å². The van der Waals surface area contributed by atoms with Crippen molar-refractivity contribution in [3.05, 3.63) is 23.8 Å². The van der Waals surface area contributed by atoms with Gasteiger partial charge in [-0.2, -0.15) is 0 Å². The molecule has 27 heavy (non-hydrogen) atoms. The zero-order chi connectivity index (χ0) is 19.4. The second-order valence-electron chi connectivity index (χ2n) is 8.51. The normalized spacial score (nSPS) is 24.2. The van der Waals surface area contributed by atoms with Crippen molar-refractivity contribution in [2.24, 2.45) is 11.8 Å². The van der Waals surface area contributed by atoms with E-state index in [9.17, 15) is 9.90 Å². The van der Waals surface area contributed by atoms with Crippen molar-refractivity contribution < 1.29 is 9.90 Å². The molecule has 2 heterocycles. The third-order valence-electron chi connectivity index (χ3n) is 6.54. The van der Waals surface area contributed by atoms with Gasteiger partial charge in [0.25, 0.3) is 0 Å². The maximum absolute atomic E-state index is 11.5. The van der Waals surface area contributed by atoms with E-state index in [0.29, 0.717) is 24.9 Å². The van der Waals surface area contributed by atoms with E-state index in [1.54, 1.807) is 4.90 Å². The van der Waals surface area contributed by atoms with Crippen LogP contribution in [0.1, 0.15) is 63.9 Å². The Labute approximate surface area is 163 Å². The highest BCUT2D eigenvalue weighted by Crippen LogP contribution is 2.39. The Kier molecular flexibility index (Phi) is 6.51. The molecule has 3 N–H and O–H groups in total. The minimum absolute atomic E-state index is 0.396. The number of amides is 1. The molecule has 5 nitrogen and oxygen atoms in total. The Morgan fingerprint density at radius 2 is 1.96 bits per heavy atom. The molecule has 2 aliphatic rings. The zero-order valence-electron chi connectivity index (χ0n) is 16.9. The van der Waals surface area contributed by atoms with E-state index in [0.717, 1.165) is 50.4 Å². The molecular weight excluding hydrogens is 338 g/mol. The van der Waals surface area contributed by atoms with Gasteiger partial charge in [0, 0.05) is 26.2 Å². The summed E-state index contributed by atoms with van der Waals surface area (Å²) in [5.74, 6) is 1.62. The SMILES string of the molecule is CCCCC1CN(C(=O)O)CCC1c1ccc(N)c(N2CCC(C)CC2)c1. The fourth-order valence-electron chi connectivity index (χ4n) is 4.72. The molecule has 2 aliphatic heterocycles. The lowest BCUT2D eigenvalue weighted by Crippen LogP contribution is -2.42. The number of benzene rings is 1. The summed E-state index contributed by atoms with van der Waals surface area (Å²) < 4.78 is 0. The minimum Gasteiger partial charge on any atom is -0.465 e. The molecule has 1 aromatic rings. The quantitative estimate of drug-likeness (QED) is 0.729. The Morgan fingerprint density at radius 1 is 1.22 bits per heavy atom. The predicted molar refractivity (Wildman–Crippen MR) is 111 cm³/mol. The van der Waals surface area contributed by atoms with Crippen LogP contribution in [-0.4, -0.2) is 42.3 Å². The van der Waals surface area contributed by atoms with Crippen LogP contribution >= 0.6 is 0 Å². The summed E-state index contributed by atoms with van der Waals surface area (Å²) in [5, 5.41) is 9.41. The summed E-state index contributed by atoms with van der Waals surface area (Å²) in [5.41, 5.74) is 9.71. The Balaban J connectivity index is 1.80. The number of nitrogens with two attached hydrogens (primary N) is 1. The lowest BCUT2D eigenvalue weighted by molar-refractivity contribution is 0.109. The van der Waals surface area contributed by atoms with E-state index in [1.165, 1.54) is 24.1 Å². The van der Waals surface area contributed by atoms with Gasteiger partial charge in [0.15, 0.2) is 0 Å². The highest BCUT2D eigenvalue weighted by molar-refractivity contribution is 5.69. The first-order valence-electron chi connectivity index (χ1n) is 10.6. The van der Waals surface area contributed by atoms with Crippen molar-refractivity contribution >= 4 is 17.5 Å². The number of piperidine rings is 2. The highest BCUT2D eigenvalue weighted by atomic mass is 16.4. The number of likely N-dealkylation sites (tertiary alicyclic amines) is 1. The third kappa shape index (κ3) is 4.69. The van der Waals surface area contributed by atoms with Crippen LogP contribution < -0.4 is 10.6 Å². The van der Waals surface area contributed by atoms with Gasteiger partial charge < -0.3 is 20.6 Å². The Hall–Kier alpha value is -1.91. The van der Waals surface area contributed by atoms with Crippen LogP contribution in [-0.2, 0) is 0 Å². The van der Waals surface area contributed by atoms with E-state index in [4.69, 9.17) is 5.73 Å². The second-order valence-corrected chi connectivity index (χ2v) is 8.51. The lowest BCUT2D eigenvalue weighted by atomic mass is 9.78. The summed E-state index contributed by atoms with van der Waals surface area (Å²) in [6.45, 7) is 7.96. The monoisotopic (exact) mass is 373 g/mol. The average molecular weight is 374 g/mol. The van der Waals surface area contributed by atoms with Crippen molar-refractivity contribution in [3.63, 3.8) is 0 Å². The van der Waals surface area contributed by atoms with Gasteiger partial charge in [-0.15, -0.1) is 0 Å². The molecule has 2 saturated heterocycles. The number of unbranched alkanes of at least 4 members (excludes halogenated alkanes) is 1. The zero-order valence-corrected chi connectivity index (χ0v) is 16.9. The standard InChI is InChI=1S/C22H35N3O2/c1-3-4-5-18-15-25(22(26)27)13-10-19(18)17-6-7-20(23)21(14-17)24-11-8-16(2)9-12-24/h6-7,14,16,18-19H,3-5,8-13,15,23H2,1-2H3,(H,26,27). The fraction of sp³-hybridized carbons (Fsp3) is 0.682. The van der Waals surface area contributed by atoms with E-state index in [1.807, 2.05) is 0 Å². The summed E-state index contributed by atoms with van der Waals surface area (Å²) in [7, 11) is 0. The molecule has 0 bridgehead atoms. The molecule has 0 saturated carbocycles. The average Bonchev–Trinajstić information content (AvgIpc) is 2.67. The smallest absolute Gasteiger partial charge is 0.407 e.